The molecule has 0 aliphatic heterocycles. The molecule has 0 spiro atoms. The molecule has 2 rings (SSSR count). The van der Waals surface area contributed by atoms with E-state index in [9.17, 15) is 0 Å². The third kappa shape index (κ3) is 2.76. The number of hydrogen-bond donors (Lipinski definition) is 1. The minimum absolute atomic E-state index is 0.812. The van der Waals surface area contributed by atoms with E-state index in [0.717, 1.165) is 15.1 Å². The van der Waals surface area contributed by atoms with Gasteiger partial charge in [-0.25, -0.2) is 0 Å². The Morgan fingerprint density at radius 3 is 2.47 bits per heavy atom. The second-order valence-electron chi connectivity index (χ2n) is 3.10. The lowest BCUT2D eigenvalue weighted by Crippen LogP contribution is -1.87. The second kappa shape index (κ2) is 4.73. The molecule has 2 aromatic rings. The molecule has 0 saturated heterocycles. The van der Waals surface area contributed by atoms with Crippen LogP contribution in [0.1, 0.15) is 0 Å². The van der Waals surface area contributed by atoms with Crippen LogP contribution in [-0.4, -0.2) is 0 Å². The molecule has 0 aromatic heterocycles. The van der Waals surface area contributed by atoms with Gasteiger partial charge in [0, 0.05) is 20.0 Å². The Balaban J connectivity index is 2.28. The molecule has 2 N–H and O–H groups in total. The lowest BCUT2D eigenvalue weighted by molar-refractivity contribution is 1.40. The molecular weight excluding hydrogens is 270 g/mol. The van der Waals surface area contributed by atoms with E-state index >= 15 is 0 Å². The van der Waals surface area contributed by atoms with E-state index in [1.54, 1.807) is 11.8 Å². The Kier molecular flexibility index (Phi) is 3.34. The molecule has 1 nitrogen and oxygen atoms in total. The topological polar surface area (TPSA) is 26.0 Å². The second-order valence-corrected chi connectivity index (χ2v) is 5.13. The van der Waals surface area contributed by atoms with Crippen molar-refractivity contribution in [3.8, 4) is 0 Å². The Hall–Kier alpha value is -0.930. The van der Waals surface area contributed by atoms with E-state index in [4.69, 9.17) is 5.73 Å². The molecule has 0 saturated carbocycles. The van der Waals surface area contributed by atoms with Crippen molar-refractivity contribution in [2.45, 2.75) is 9.79 Å². The molecule has 0 atom stereocenters. The van der Waals surface area contributed by atoms with Crippen molar-refractivity contribution in [3.63, 3.8) is 0 Å². The molecule has 3 heteroatoms. The van der Waals surface area contributed by atoms with Gasteiger partial charge in [0.15, 0.2) is 0 Å². The summed E-state index contributed by atoms with van der Waals surface area (Å²) >= 11 is 5.11. The van der Waals surface area contributed by atoms with Gasteiger partial charge < -0.3 is 5.73 Å². The molecule has 0 aliphatic carbocycles. The highest BCUT2D eigenvalue weighted by Gasteiger charge is 2.01. The van der Waals surface area contributed by atoms with Crippen LogP contribution in [0.25, 0.3) is 0 Å². The summed E-state index contributed by atoms with van der Waals surface area (Å²) in [5.74, 6) is 0. The van der Waals surface area contributed by atoms with E-state index in [1.807, 2.05) is 36.4 Å². The first-order valence-corrected chi connectivity index (χ1v) is 6.14. The van der Waals surface area contributed by atoms with Crippen molar-refractivity contribution in [2.24, 2.45) is 0 Å². The average molecular weight is 280 g/mol. The van der Waals surface area contributed by atoms with Crippen molar-refractivity contribution in [2.75, 3.05) is 5.73 Å². The first-order chi connectivity index (χ1) is 7.25. The smallest absolute Gasteiger partial charge is 0.0456 e. The highest BCUT2D eigenvalue weighted by molar-refractivity contribution is 9.10. The number of rotatable bonds is 2. The zero-order valence-electron chi connectivity index (χ0n) is 7.98. The van der Waals surface area contributed by atoms with Crippen LogP contribution in [0, 0.1) is 0 Å². The van der Waals surface area contributed by atoms with Gasteiger partial charge >= 0.3 is 0 Å². The summed E-state index contributed by atoms with van der Waals surface area (Å²) in [5, 5.41) is 0. The molecule has 0 heterocycles. The van der Waals surface area contributed by atoms with Crippen LogP contribution in [0.2, 0.25) is 0 Å². The van der Waals surface area contributed by atoms with E-state index in [1.165, 1.54) is 4.90 Å². The van der Waals surface area contributed by atoms with Crippen LogP contribution in [0.4, 0.5) is 5.69 Å². The lowest BCUT2D eigenvalue weighted by atomic mass is 10.3. The van der Waals surface area contributed by atoms with Gasteiger partial charge in [0.25, 0.3) is 0 Å². The van der Waals surface area contributed by atoms with Crippen LogP contribution in [0.3, 0.4) is 0 Å². The zero-order valence-corrected chi connectivity index (χ0v) is 10.4. The SMILES string of the molecule is Nc1ccc(Br)cc1Sc1ccccc1. The van der Waals surface area contributed by atoms with Crippen molar-refractivity contribution in [1.82, 2.24) is 0 Å². The van der Waals surface area contributed by atoms with E-state index < -0.39 is 0 Å². The highest BCUT2D eigenvalue weighted by Crippen LogP contribution is 2.33. The summed E-state index contributed by atoms with van der Waals surface area (Å²) in [6, 6.07) is 16.1. The summed E-state index contributed by atoms with van der Waals surface area (Å²) in [6.07, 6.45) is 0. The van der Waals surface area contributed by atoms with Crippen LogP contribution in [-0.2, 0) is 0 Å². The van der Waals surface area contributed by atoms with E-state index in [-0.39, 0.29) is 0 Å². The molecule has 0 aliphatic rings. The Morgan fingerprint density at radius 2 is 1.73 bits per heavy atom. The van der Waals surface area contributed by atoms with Crippen LogP contribution >= 0.6 is 27.7 Å². The van der Waals surface area contributed by atoms with Crippen molar-refractivity contribution in [3.05, 3.63) is 53.0 Å². The largest absolute Gasteiger partial charge is 0.398 e. The molecule has 15 heavy (non-hydrogen) atoms. The maximum atomic E-state index is 5.90. The van der Waals surface area contributed by atoms with Crippen molar-refractivity contribution in [1.29, 1.82) is 0 Å². The Morgan fingerprint density at radius 1 is 1.00 bits per heavy atom. The van der Waals surface area contributed by atoms with Crippen LogP contribution in [0.15, 0.2) is 62.8 Å². The van der Waals surface area contributed by atoms with Crippen molar-refractivity contribution >= 4 is 33.4 Å². The summed E-state index contributed by atoms with van der Waals surface area (Å²) in [7, 11) is 0. The molecule has 0 bridgehead atoms. The minimum Gasteiger partial charge on any atom is -0.398 e. The normalized spacial score (nSPS) is 10.2. The van der Waals surface area contributed by atoms with Crippen molar-refractivity contribution < 1.29 is 0 Å². The fourth-order valence-corrected chi connectivity index (χ4v) is 2.64. The standard InChI is InChI=1S/C12H10BrNS/c13-9-6-7-11(14)12(8-9)15-10-4-2-1-3-5-10/h1-8H,14H2. The van der Waals surface area contributed by atoms with Gasteiger partial charge in [-0.3, -0.25) is 0 Å². The van der Waals surface area contributed by atoms with Crippen LogP contribution in [0.5, 0.6) is 0 Å². The average Bonchev–Trinajstić information content (AvgIpc) is 2.25. The molecule has 76 valence electrons. The third-order valence-corrected chi connectivity index (χ3v) is 3.52. The minimum atomic E-state index is 0.812. The van der Waals surface area contributed by atoms with E-state index in [2.05, 4.69) is 28.1 Å². The number of nitrogens with two attached hydrogens (primary N) is 1. The number of hydrogen-bond acceptors (Lipinski definition) is 2. The summed E-state index contributed by atoms with van der Waals surface area (Å²) < 4.78 is 1.05. The predicted molar refractivity (Wildman–Crippen MR) is 69.1 cm³/mol. The number of benzene rings is 2. The molecule has 0 unspecified atom stereocenters. The molecular formula is C12H10BrNS. The van der Waals surface area contributed by atoms with Gasteiger partial charge in [-0.05, 0) is 30.3 Å². The van der Waals surface area contributed by atoms with Gasteiger partial charge in [-0.1, -0.05) is 45.9 Å². The lowest BCUT2D eigenvalue weighted by Gasteiger charge is -2.05. The summed E-state index contributed by atoms with van der Waals surface area (Å²) in [6.45, 7) is 0. The van der Waals surface area contributed by atoms with E-state index in [0.29, 0.717) is 0 Å². The maximum Gasteiger partial charge on any atom is 0.0456 e. The zero-order chi connectivity index (χ0) is 10.7. The Labute approximate surface area is 102 Å². The summed E-state index contributed by atoms with van der Waals surface area (Å²) in [4.78, 5) is 2.28. The predicted octanol–water partition coefficient (Wildman–Crippen LogP) is 4.18. The quantitative estimate of drug-likeness (QED) is 0.835. The summed E-state index contributed by atoms with van der Waals surface area (Å²) in [5.41, 5.74) is 6.71. The molecule has 0 amide bonds. The molecule has 0 fully saturated rings. The van der Waals surface area contributed by atoms with Gasteiger partial charge in [0.05, 0.1) is 0 Å². The Bertz CT molecular complexity index is 456. The monoisotopic (exact) mass is 279 g/mol. The maximum absolute atomic E-state index is 5.90. The molecule has 2 aromatic carbocycles. The number of halogens is 1. The number of anilines is 1. The molecule has 0 radical (unpaired) electrons. The first kappa shape index (κ1) is 10.6. The van der Waals surface area contributed by atoms with Gasteiger partial charge in [0.1, 0.15) is 0 Å². The van der Waals surface area contributed by atoms with Gasteiger partial charge in [-0.2, -0.15) is 0 Å². The van der Waals surface area contributed by atoms with Crippen LogP contribution < -0.4 is 5.73 Å². The highest BCUT2D eigenvalue weighted by atomic mass is 79.9. The fraction of sp³-hybridized carbons (Fsp3) is 0. The van der Waals surface area contributed by atoms with Gasteiger partial charge in [0.2, 0.25) is 0 Å². The third-order valence-electron chi connectivity index (χ3n) is 1.95. The fourth-order valence-electron chi connectivity index (χ4n) is 1.21. The first-order valence-electron chi connectivity index (χ1n) is 4.53. The van der Waals surface area contributed by atoms with Gasteiger partial charge in [-0.15, -0.1) is 0 Å². The number of nitrogen functional groups attached to an aromatic ring is 1.